The highest BCUT2D eigenvalue weighted by molar-refractivity contribution is 6.14. The smallest absolute Gasteiger partial charge is 0.203 e. The quantitative estimate of drug-likeness (QED) is 0.627. The molecule has 0 amide bonds. The van der Waals surface area contributed by atoms with Gasteiger partial charge in [-0.05, 0) is 11.1 Å². The molecule has 0 saturated carbocycles. The van der Waals surface area contributed by atoms with Crippen LogP contribution in [0.3, 0.4) is 0 Å². The number of Topliss-reactive ketones (excluding diaryl/α,β-unsaturated/α-hetero) is 2. The monoisotopic (exact) mass is 382 g/mol. The van der Waals surface area contributed by atoms with Gasteiger partial charge < -0.3 is 9.47 Å². The molecule has 2 saturated heterocycles. The Kier molecular flexibility index (Phi) is 3.32. The van der Waals surface area contributed by atoms with Crippen LogP contribution in [0.5, 0.6) is 0 Å². The van der Waals surface area contributed by atoms with Crippen molar-refractivity contribution in [3.05, 3.63) is 95.6 Å². The SMILES string of the molecule is O=C1CCC2(c3ccccc3)OC1C1(O2)C(=O)c2ccccc2-c2ccccc21. The van der Waals surface area contributed by atoms with Gasteiger partial charge in [0.25, 0.3) is 0 Å². The van der Waals surface area contributed by atoms with Gasteiger partial charge in [-0.15, -0.1) is 0 Å². The van der Waals surface area contributed by atoms with Crippen LogP contribution in [0.4, 0.5) is 0 Å². The van der Waals surface area contributed by atoms with Crippen molar-refractivity contribution in [3.63, 3.8) is 0 Å². The van der Waals surface area contributed by atoms with Crippen molar-refractivity contribution >= 4 is 11.6 Å². The molecule has 3 aromatic carbocycles. The van der Waals surface area contributed by atoms with Gasteiger partial charge in [0, 0.05) is 29.5 Å². The maximum atomic E-state index is 13.9. The molecule has 3 unspecified atom stereocenters. The molecule has 0 N–H and O–H groups in total. The van der Waals surface area contributed by atoms with Crippen LogP contribution < -0.4 is 0 Å². The van der Waals surface area contributed by atoms with Crippen LogP contribution in [0.2, 0.25) is 0 Å². The third-order valence-electron chi connectivity index (χ3n) is 6.34. The normalized spacial score (nSPS) is 29.6. The van der Waals surface area contributed by atoms with Gasteiger partial charge in [0.2, 0.25) is 5.78 Å². The molecule has 2 fully saturated rings. The van der Waals surface area contributed by atoms with E-state index in [1.807, 2.05) is 72.8 Å². The van der Waals surface area contributed by atoms with Crippen LogP contribution in [0.15, 0.2) is 78.9 Å². The van der Waals surface area contributed by atoms with Gasteiger partial charge in [0.1, 0.15) is 0 Å². The Morgan fingerprint density at radius 2 is 1.41 bits per heavy atom. The summed E-state index contributed by atoms with van der Waals surface area (Å²) in [4.78, 5) is 26.9. The van der Waals surface area contributed by atoms with Crippen LogP contribution in [0.25, 0.3) is 11.1 Å². The minimum absolute atomic E-state index is 0.0865. The lowest BCUT2D eigenvalue weighted by atomic mass is 9.71. The number of hydrogen-bond donors (Lipinski definition) is 0. The molecule has 1 aliphatic carbocycles. The van der Waals surface area contributed by atoms with Gasteiger partial charge in [-0.25, -0.2) is 0 Å². The molecule has 0 aromatic heterocycles. The summed E-state index contributed by atoms with van der Waals surface area (Å²) in [6.07, 6.45) is -0.248. The first-order valence-corrected chi connectivity index (χ1v) is 9.86. The van der Waals surface area contributed by atoms with Crippen molar-refractivity contribution in [1.82, 2.24) is 0 Å². The van der Waals surface area contributed by atoms with E-state index >= 15 is 0 Å². The Morgan fingerprint density at radius 1 is 0.759 bits per heavy atom. The molecule has 6 rings (SSSR count). The van der Waals surface area contributed by atoms with Crippen molar-refractivity contribution in [2.45, 2.75) is 30.3 Å². The number of rotatable bonds is 1. The number of benzene rings is 3. The molecule has 2 heterocycles. The third-order valence-corrected chi connectivity index (χ3v) is 6.34. The predicted molar refractivity (Wildman–Crippen MR) is 106 cm³/mol. The Morgan fingerprint density at radius 3 is 2.21 bits per heavy atom. The Labute approximate surface area is 168 Å². The maximum Gasteiger partial charge on any atom is 0.203 e. The molecule has 29 heavy (non-hydrogen) atoms. The van der Waals surface area contributed by atoms with Crippen LogP contribution in [-0.2, 0) is 25.7 Å². The summed E-state index contributed by atoms with van der Waals surface area (Å²) >= 11 is 0. The highest BCUT2D eigenvalue weighted by Crippen LogP contribution is 2.58. The number of carbonyl (C=O) groups excluding carboxylic acids is 2. The summed E-state index contributed by atoms with van der Waals surface area (Å²) < 4.78 is 13.0. The summed E-state index contributed by atoms with van der Waals surface area (Å²) in [7, 11) is 0. The second-order valence-electron chi connectivity index (χ2n) is 7.84. The van der Waals surface area contributed by atoms with E-state index in [4.69, 9.17) is 9.47 Å². The van der Waals surface area contributed by atoms with Crippen molar-refractivity contribution in [1.29, 1.82) is 0 Å². The lowest BCUT2D eigenvalue weighted by Crippen LogP contribution is -2.50. The van der Waals surface area contributed by atoms with Gasteiger partial charge in [0.05, 0.1) is 0 Å². The maximum absolute atomic E-state index is 13.9. The molecule has 3 aromatic rings. The van der Waals surface area contributed by atoms with Crippen molar-refractivity contribution in [2.24, 2.45) is 0 Å². The molecule has 3 atom stereocenters. The molecular weight excluding hydrogens is 364 g/mol. The lowest BCUT2D eigenvalue weighted by Gasteiger charge is -2.36. The average molecular weight is 382 g/mol. The first kappa shape index (κ1) is 16.8. The van der Waals surface area contributed by atoms with E-state index in [-0.39, 0.29) is 11.6 Å². The zero-order valence-electron chi connectivity index (χ0n) is 15.6. The first-order valence-electron chi connectivity index (χ1n) is 9.86. The van der Waals surface area contributed by atoms with E-state index in [9.17, 15) is 9.59 Å². The zero-order chi connectivity index (χ0) is 19.6. The summed E-state index contributed by atoms with van der Waals surface area (Å²) in [5.41, 5.74) is 2.42. The fraction of sp³-hybridized carbons (Fsp3) is 0.200. The Bertz CT molecular complexity index is 1170. The highest BCUT2D eigenvalue weighted by Gasteiger charge is 2.68. The fourth-order valence-corrected chi connectivity index (χ4v) is 5.04. The molecule has 4 nitrogen and oxygen atoms in total. The van der Waals surface area contributed by atoms with E-state index < -0.39 is 17.5 Å². The highest BCUT2D eigenvalue weighted by atomic mass is 16.8. The van der Waals surface area contributed by atoms with Crippen LogP contribution in [0.1, 0.15) is 34.3 Å². The van der Waals surface area contributed by atoms with E-state index in [1.54, 1.807) is 6.07 Å². The molecule has 1 spiro atoms. The Balaban J connectivity index is 1.64. The van der Waals surface area contributed by atoms with E-state index in [0.717, 1.165) is 16.7 Å². The predicted octanol–water partition coefficient (Wildman–Crippen LogP) is 4.38. The van der Waals surface area contributed by atoms with Gasteiger partial charge in [-0.1, -0.05) is 78.9 Å². The lowest BCUT2D eigenvalue weighted by molar-refractivity contribution is -0.208. The van der Waals surface area contributed by atoms with Gasteiger partial charge >= 0.3 is 0 Å². The van der Waals surface area contributed by atoms with Crippen LogP contribution >= 0.6 is 0 Å². The molecule has 2 bridgehead atoms. The minimum Gasteiger partial charge on any atom is -0.331 e. The molecular formula is C25H18O4. The van der Waals surface area contributed by atoms with Crippen molar-refractivity contribution in [2.75, 3.05) is 0 Å². The number of ether oxygens (including phenoxy) is 2. The van der Waals surface area contributed by atoms with Crippen LogP contribution in [0, 0.1) is 0 Å². The van der Waals surface area contributed by atoms with Gasteiger partial charge in [0.15, 0.2) is 23.3 Å². The van der Waals surface area contributed by atoms with E-state index in [1.165, 1.54) is 0 Å². The van der Waals surface area contributed by atoms with E-state index in [2.05, 4.69) is 0 Å². The molecule has 0 radical (unpaired) electrons. The van der Waals surface area contributed by atoms with Gasteiger partial charge in [-0.3, -0.25) is 9.59 Å². The summed E-state index contributed by atoms with van der Waals surface area (Å²) in [5.74, 6) is -1.39. The van der Waals surface area contributed by atoms with Gasteiger partial charge in [-0.2, -0.15) is 0 Å². The van der Waals surface area contributed by atoms with Crippen molar-refractivity contribution < 1.29 is 19.1 Å². The topological polar surface area (TPSA) is 52.6 Å². The standard InChI is InChI=1S/C25H18O4/c26-21-14-15-24(16-8-2-1-3-9-16)28-23(21)25(29-24)20-13-7-6-11-18(20)17-10-4-5-12-19(17)22(25)27/h1-13,23H,14-15H2. The molecule has 3 aliphatic rings. The number of hydrogen-bond acceptors (Lipinski definition) is 4. The second kappa shape index (κ2) is 5.72. The summed E-state index contributed by atoms with van der Waals surface area (Å²) in [6, 6.07) is 24.8. The average Bonchev–Trinajstić information content (AvgIpc) is 3.08. The van der Waals surface area contributed by atoms with Crippen molar-refractivity contribution in [3.8, 4) is 11.1 Å². The number of fused-ring (bicyclic) bond motifs is 7. The molecule has 4 heteroatoms. The van der Waals surface area contributed by atoms with Crippen LogP contribution in [-0.4, -0.2) is 17.7 Å². The molecule has 2 aliphatic heterocycles. The summed E-state index contributed by atoms with van der Waals surface area (Å²) in [6.45, 7) is 0. The minimum atomic E-state index is -1.46. The summed E-state index contributed by atoms with van der Waals surface area (Å²) in [5, 5.41) is 0. The first-order chi connectivity index (χ1) is 14.2. The molecule has 142 valence electrons. The second-order valence-corrected chi connectivity index (χ2v) is 7.84. The third kappa shape index (κ3) is 2.05. The zero-order valence-corrected chi connectivity index (χ0v) is 15.6. The number of ketones is 2. The van der Waals surface area contributed by atoms with E-state index in [0.29, 0.717) is 24.0 Å². The Hall–Kier alpha value is -3.08. The number of carbonyl (C=O) groups is 2. The fourth-order valence-electron chi connectivity index (χ4n) is 5.04. The largest absolute Gasteiger partial charge is 0.331 e.